The van der Waals surface area contributed by atoms with Gasteiger partial charge in [-0.15, -0.1) is 0 Å². The average molecular weight is 460 g/mol. The first-order valence-electron chi connectivity index (χ1n) is 8.72. The van der Waals surface area contributed by atoms with Crippen LogP contribution in [0.25, 0.3) is 10.3 Å². The standard InChI is InChI=1S/C21H14ClNO5S2/c1-13-6-9-15(10-7-13)30(26,27)23(20(24)16-4-2-3-5-17(16)22)14-8-11-18-19(12-14)29-21(25)28-18/h2-12H,1H3. The second-order valence-electron chi connectivity index (χ2n) is 6.45. The third-order valence-corrected chi connectivity index (χ3v) is 7.24. The molecule has 1 heterocycles. The summed E-state index contributed by atoms with van der Waals surface area (Å²) in [5, 5.41) is 0.126. The van der Waals surface area contributed by atoms with E-state index in [1.165, 1.54) is 42.5 Å². The number of rotatable bonds is 4. The van der Waals surface area contributed by atoms with Gasteiger partial charge >= 0.3 is 4.94 Å². The maximum absolute atomic E-state index is 13.5. The molecule has 0 atom stereocenters. The predicted octanol–water partition coefficient (Wildman–Crippen LogP) is 4.85. The molecule has 3 aromatic carbocycles. The Morgan fingerprint density at radius 3 is 2.43 bits per heavy atom. The summed E-state index contributed by atoms with van der Waals surface area (Å²) in [6.07, 6.45) is 0. The highest BCUT2D eigenvalue weighted by molar-refractivity contribution is 7.93. The predicted molar refractivity (Wildman–Crippen MR) is 117 cm³/mol. The minimum absolute atomic E-state index is 0.0373. The van der Waals surface area contributed by atoms with Crippen molar-refractivity contribution < 1.29 is 17.6 Å². The third-order valence-electron chi connectivity index (χ3n) is 4.40. The number of fused-ring (bicyclic) bond motifs is 1. The lowest BCUT2D eigenvalue weighted by Gasteiger charge is -2.23. The zero-order valence-corrected chi connectivity index (χ0v) is 17.9. The second kappa shape index (κ2) is 7.71. The zero-order chi connectivity index (χ0) is 21.5. The maximum Gasteiger partial charge on any atom is 0.396 e. The minimum Gasteiger partial charge on any atom is -0.414 e. The number of amides is 1. The molecule has 0 saturated heterocycles. The van der Waals surface area contributed by atoms with Gasteiger partial charge < -0.3 is 4.42 Å². The highest BCUT2D eigenvalue weighted by atomic mass is 35.5. The highest BCUT2D eigenvalue weighted by Gasteiger charge is 2.33. The SMILES string of the molecule is Cc1ccc(S(=O)(=O)N(C(=O)c2ccccc2Cl)c2ccc3oc(=O)sc3c2)cc1. The molecule has 30 heavy (non-hydrogen) atoms. The average Bonchev–Trinajstić information content (AvgIpc) is 3.08. The number of carbonyl (C=O) groups is 1. The van der Waals surface area contributed by atoms with Crippen LogP contribution in [-0.2, 0) is 10.0 Å². The van der Waals surface area contributed by atoms with Crippen LogP contribution in [0.15, 0.2) is 80.8 Å². The van der Waals surface area contributed by atoms with Crippen LogP contribution in [0, 0.1) is 6.92 Å². The molecule has 4 aromatic rings. The summed E-state index contributed by atoms with van der Waals surface area (Å²) in [7, 11) is -4.28. The Kier molecular flexibility index (Phi) is 5.23. The molecule has 0 fully saturated rings. The lowest BCUT2D eigenvalue weighted by molar-refractivity contribution is 0.101. The largest absolute Gasteiger partial charge is 0.414 e. The van der Waals surface area contributed by atoms with Crippen molar-refractivity contribution in [2.45, 2.75) is 11.8 Å². The maximum atomic E-state index is 13.5. The van der Waals surface area contributed by atoms with E-state index in [9.17, 15) is 18.0 Å². The van der Waals surface area contributed by atoms with E-state index in [1.807, 2.05) is 6.92 Å². The number of nitrogens with zero attached hydrogens (tertiary/aromatic N) is 1. The van der Waals surface area contributed by atoms with Gasteiger partial charge in [0.1, 0.15) is 5.58 Å². The molecule has 0 aliphatic rings. The van der Waals surface area contributed by atoms with Gasteiger partial charge in [-0.1, -0.05) is 52.8 Å². The summed E-state index contributed by atoms with van der Waals surface area (Å²) in [5.41, 5.74) is 1.30. The van der Waals surface area contributed by atoms with Gasteiger partial charge in [-0.2, -0.15) is 4.31 Å². The van der Waals surface area contributed by atoms with Gasteiger partial charge in [-0.05, 0) is 49.4 Å². The van der Waals surface area contributed by atoms with E-state index in [0.717, 1.165) is 16.9 Å². The van der Waals surface area contributed by atoms with Gasteiger partial charge in [0.05, 0.1) is 25.9 Å². The summed E-state index contributed by atoms with van der Waals surface area (Å²) < 4.78 is 33.1. The number of halogens is 1. The number of hydrogen-bond donors (Lipinski definition) is 0. The number of benzene rings is 3. The molecule has 0 aliphatic carbocycles. The normalized spacial score (nSPS) is 11.5. The van der Waals surface area contributed by atoms with Crippen molar-refractivity contribution in [3.63, 3.8) is 0 Å². The molecule has 0 radical (unpaired) electrons. The number of sulfonamides is 1. The number of carbonyl (C=O) groups excluding carboxylic acids is 1. The van der Waals surface area contributed by atoms with E-state index in [0.29, 0.717) is 14.6 Å². The molecule has 1 amide bonds. The van der Waals surface area contributed by atoms with Gasteiger partial charge in [-0.3, -0.25) is 4.79 Å². The molecule has 0 spiro atoms. The fourth-order valence-corrected chi connectivity index (χ4v) is 5.23. The van der Waals surface area contributed by atoms with Crippen LogP contribution in [0.4, 0.5) is 5.69 Å². The van der Waals surface area contributed by atoms with Gasteiger partial charge in [-0.25, -0.2) is 13.2 Å². The van der Waals surface area contributed by atoms with Crippen LogP contribution in [0.3, 0.4) is 0 Å². The molecule has 1 aromatic heterocycles. The molecular weight excluding hydrogens is 446 g/mol. The Morgan fingerprint density at radius 2 is 1.73 bits per heavy atom. The molecule has 0 bridgehead atoms. The molecular formula is C21H14ClNO5S2. The second-order valence-corrected chi connectivity index (χ2v) is 9.62. The lowest BCUT2D eigenvalue weighted by Crippen LogP contribution is -2.37. The Balaban J connectivity index is 1.94. The van der Waals surface area contributed by atoms with Crippen LogP contribution >= 0.6 is 22.9 Å². The lowest BCUT2D eigenvalue weighted by atomic mass is 10.2. The van der Waals surface area contributed by atoms with Crippen molar-refractivity contribution >= 4 is 54.8 Å². The zero-order valence-electron chi connectivity index (χ0n) is 15.5. The Hall–Kier alpha value is -2.94. The number of hydrogen-bond acceptors (Lipinski definition) is 6. The van der Waals surface area contributed by atoms with Crippen LogP contribution in [0.5, 0.6) is 0 Å². The summed E-state index contributed by atoms with van der Waals surface area (Å²) in [5.74, 6) is -0.809. The number of anilines is 1. The molecule has 9 heteroatoms. The molecule has 4 rings (SSSR count). The Bertz CT molecular complexity index is 1420. The van der Waals surface area contributed by atoms with E-state index in [1.54, 1.807) is 24.3 Å². The van der Waals surface area contributed by atoms with E-state index in [2.05, 4.69) is 0 Å². The van der Waals surface area contributed by atoms with Crippen molar-refractivity contribution in [2.75, 3.05) is 4.31 Å². The first kappa shape index (κ1) is 20.3. The van der Waals surface area contributed by atoms with E-state index >= 15 is 0 Å². The van der Waals surface area contributed by atoms with E-state index in [4.69, 9.17) is 16.0 Å². The van der Waals surface area contributed by atoms with Gasteiger partial charge in [0.25, 0.3) is 15.9 Å². The topological polar surface area (TPSA) is 84.7 Å². The van der Waals surface area contributed by atoms with Gasteiger partial charge in [0.2, 0.25) is 0 Å². The van der Waals surface area contributed by atoms with E-state index in [-0.39, 0.29) is 21.2 Å². The van der Waals surface area contributed by atoms with Crippen molar-refractivity contribution in [3.8, 4) is 0 Å². The van der Waals surface area contributed by atoms with Crippen LogP contribution < -0.4 is 9.24 Å². The first-order valence-corrected chi connectivity index (χ1v) is 11.4. The van der Waals surface area contributed by atoms with Crippen molar-refractivity contribution in [2.24, 2.45) is 0 Å². The quantitative estimate of drug-likeness (QED) is 0.435. The Labute approximate surface area is 181 Å². The highest BCUT2D eigenvalue weighted by Crippen LogP contribution is 2.31. The summed E-state index contributed by atoms with van der Waals surface area (Å²) in [4.78, 5) is 24.4. The molecule has 152 valence electrons. The van der Waals surface area contributed by atoms with Crippen molar-refractivity contribution in [1.82, 2.24) is 0 Å². The summed E-state index contributed by atoms with van der Waals surface area (Å²) in [6, 6.07) is 16.7. The smallest absolute Gasteiger partial charge is 0.396 e. The fraction of sp³-hybridized carbons (Fsp3) is 0.0476. The summed E-state index contributed by atoms with van der Waals surface area (Å²) >= 11 is 6.99. The van der Waals surface area contributed by atoms with Crippen LogP contribution in [-0.4, -0.2) is 14.3 Å². The molecule has 0 aliphatic heterocycles. The Morgan fingerprint density at radius 1 is 1.03 bits per heavy atom. The van der Waals surface area contributed by atoms with Crippen LogP contribution in [0.1, 0.15) is 15.9 Å². The van der Waals surface area contributed by atoms with Gasteiger partial charge in [0, 0.05) is 0 Å². The monoisotopic (exact) mass is 459 g/mol. The third kappa shape index (κ3) is 3.65. The van der Waals surface area contributed by atoms with Crippen LogP contribution in [0.2, 0.25) is 5.02 Å². The molecule has 6 nitrogen and oxygen atoms in total. The minimum atomic E-state index is -4.28. The molecule has 0 N–H and O–H groups in total. The molecule has 0 saturated carbocycles. The van der Waals surface area contributed by atoms with Crippen molar-refractivity contribution in [1.29, 1.82) is 0 Å². The van der Waals surface area contributed by atoms with E-state index < -0.39 is 20.9 Å². The first-order chi connectivity index (χ1) is 14.3. The fourth-order valence-electron chi connectivity index (χ4n) is 2.91. The molecule has 0 unspecified atom stereocenters. The van der Waals surface area contributed by atoms with Gasteiger partial charge in [0.15, 0.2) is 0 Å². The summed E-state index contributed by atoms with van der Waals surface area (Å²) in [6.45, 7) is 1.83. The number of aryl methyl sites for hydroxylation is 1. The van der Waals surface area contributed by atoms with Crippen molar-refractivity contribution in [3.05, 3.63) is 92.6 Å².